The molecule has 130 valence electrons. The largest absolute Gasteiger partial charge is 0.297 e. The maximum Gasteiger partial charge on any atom is 0.194 e. The van der Waals surface area contributed by atoms with Crippen molar-refractivity contribution in [2.24, 2.45) is 17.8 Å². The summed E-state index contributed by atoms with van der Waals surface area (Å²) >= 11 is 1.83. The number of nitrogens with zero attached hydrogens (tertiary/aromatic N) is 2. The Morgan fingerprint density at radius 2 is 1.56 bits per heavy atom. The van der Waals surface area contributed by atoms with Crippen molar-refractivity contribution in [2.75, 3.05) is 0 Å². The fourth-order valence-electron chi connectivity index (χ4n) is 6.21. The van der Waals surface area contributed by atoms with Crippen LogP contribution in [0.5, 0.6) is 0 Å². The molecule has 4 bridgehead atoms. The fourth-order valence-corrected chi connectivity index (χ4v) is 7.18. The molecule has 1 aromatic carbocycles. The Bertz CT molecular complexity index is 844. The second kappa shape index (κ2) is 5.59. The fraction of sp³-hybridized carbons (Fsp3) is 0.476. The molecule has 2 nitrogen and oxygen atoms in total. The van der Waals surface area contributed by atoms with Crippen LogP contribution in [0.25, 0.3) is 15.4 Å². The van der Waals surface area contributed by atoms with Crippen LogP contribution in [0.2, 0.25) is 0 Å². The van der Waals surface area contributed by atoms with Gasteiger partial charge in [0.2, 0.25) is 0 Å². The summed E-state index contributed by atoms with van der Waals surface area (Å²) in [5.74, 6) is 2.95. The Morgan fingerprint density at radius 1 is 0.920 bits per heavy atom. The van der Waals surface area contributed by atoms with Gasteiger partial charge in [-0.1, -0.05) is 41.7 Å². The molecule has 3 aromatic rings. The highest BCUT2D eigenvalue weighted by molar-refractivity contribution is 7.20. The first kappa shape index (κ1) is 15.9. The van der Waals surface area contributed by atoms with E-state index in [4.69, 9.17) is 4.98 Å². The summed E-state index contributed by atoms with van der Waals surface area (Å²) in [6.07, 6.45) is 13.3. The molecule has 4 aliphatic rings. The van der Waals surface area contributed by atoms with Gasteiger partial charge >= 0.3 is 0 Å². The molecule has 0 atom stereocenters. The predicted octanol–water partition coefficient (Wildman–Crippen LogP) is 5.95. The normalized spacial score (nSPS) is 32.9. The smallest absolute Gasteiger partial charge is 0.194 e. The van der Waals surface area contributed by atoms with E-state index in [0.717, 1.165) is 17.8 Å². The molecule has 0 radical (unpaired) electrons. The van der Waals surface area contributed by atoms with Crippen LogP contribution in [0.15, 0.2) is 42.7 Å². The van der Waals surface area contributed by atoms with E-state index < -0.39 is 0 Å². The standard InChI is InChI=1S/C21H22N2S.ClH/c1-2-4-17(5-3-1)18-12-23-13-19(22-20(23)24-18)21-9-14-6-15(10-21)8-16(7-14)11-21;/h1-5,12-16H,6-11H2;1H. The number of fused-ring (bicyclic) bond motifs is 1. The van der Waals surface area contributed by atoms with Crippen LogP contribution >= 0.6 is 23.7 Å². The number of imidazole rings is 1. The van der Waals surface area contributed by atoms with E-state index in [2.05, 4.69) is 47.1 Å². The van der Waals surface area contributed by atoms with Crippen LogP contribution in [0.4, 0.5) is 0 Å². The quantitative estimate of drug-likeness (QED) is 0.544. The maximum absolute atomic E-state index is 5.13. The average Bonchev–Trinajstić information content (AvgIpc) is 3.13. The van der Waals surface area contributed by atoms with Crippen LogP contribution < -0.4 is 0 Å². The minimum atomic E-state index is 0. The molecule has 0 N–H and O–H groups in total. The third-order valence-corrected chi connectivity index (χ3v) is 7.84. The molecule has 4 heteroatoms. The van der Waals surface area contributed by atoms with Gasteiger partial charge in [-0.05, 0) is 61.8 Å². The maximum atomic E-state index is 5.13. The Morgan fingerprint density at radius 3 is 2.16 bits per heavy atom. The van der Waals surface area contributed by atoms with Gasteiger partial charge in [0.15, 0.2) is 4.96 Å². The summed E-state index contributed by atoms with van der Waals surface area (Å²) in [7, 11) is 0. The number of thiazole rings is 1. The Kier molecular flexibility index (Phi) is 3.55. The highest BCUT2D eigenvalue weighted by Crippen LogP contribution is 2.60. The van der Waals surface area contributed by atoms with Crippen molar-refractivity contribution in [3.05, 3.63) is 48.4 Å². The van der Waals surface area contributed by atoms with Gasteiger partial charge in [-0.25, -0.2) is 4.98 Å². The van der Waals surface area contributed by atoms with Crippen molar-refractivity contribution in [1.82, 2.24) is 9.38 Å². The van der Waals surface area contributed by atoms with Crippen LogP contribution in [-0.4, -0.2) is 9.38 Å². The van der Waals surface area contributed by atoms with Crippen molar-refractivity contribution in [3.63, 3.8) is 0 Å². The van der Waals surface area contributed by atoms with E-state index in [1.54, 1.807) is 0 Å². The van der Waals surface area contributed by atoms with Crippen molar-refractivity contribution in [3.8, 4) is 10.4 Å². The van der Waals surface area contributed by atoms with Gasteiger partial charge in [0.25, 0.3) is 0 Å². The lowest BCUT2D eigenvalue weighted by molar-refractivity contribution is -0.00696. The minimum Gasteiger partial charge on any atom is -0.297 e. The van der Waals surface area contributed by atoms with Crippen molar-refractivity contribution >= 4 is 28.7 Å². The van der Waals surface area contributed by atoms with E-state index in [0.29, 0.717) is 5.41 Å². The third kappa shape index (κ3) is 2.39. The molecule has 0 aliphatic heterocycles. The Hall–Kier alpha value is -1.32. The lowest BCUT2D eigenvalue weighted by atomic mass is 9.49. The first-order chi connectivity index (χ1) is 11.8. The van der Waals surface area contributed by atoms with Crippen molar-refractivity contribution in [1.29, 1.82) is 0 Å². The molecule has 0 spiro atoms. The van der Waals surface area contributed by atoms with Gasteiger partial charge in [-0.2, -0.15) is 0 Å². The molecule has 4 saturated carbocycles. The van der Waals surface area contributed by atoms with Gasteiger partial charge in [0.1, 0.15) is 0 Å². The zero-order valence-corrected chi connectivity index (χ0v) is 15.9. The second-order valence-corrected chi connectivity index (χ2v) is 9.48. The number of hydrogen-bond donors (Lipinski definition) is 0. The number of hydrogen-bond acceptors (Lipinski definition) is 2. The number of benzene rings is 1. The predicted molar refractivity (Wildman–Crippen MR) is 106 cm³/mol. The van der Waals surface area contributed by atoms with Gasteiger partial charge in [-0.15, -0.1) is 12.4 Å². The van der Waals surface area contributed by atoms with Crippen molar-refractivity contribution < 1.29 is 0 Å². The van der Waals surface area contributed by atoms with E-state index in [1.165, 1.54) is 59.6 Å². The highest BCUT2D eigenvalue weighted by Gasteiger charge is 2.52. The highest BCUT2D eigenvalue weighted by atomic mass is 35.5. The van der Waals surface area contributed by atoms with E-state index >= 15 is 0 Å². The molecular formula is C21H23ClN2S. The average molecular weight is 371 g/mol. The van der Waals surface area contributed by atoms with Crippen LogP contribution in [0, 0.1) is 17.8 Å². The lowest BCUT2D eigenvalue weighted by Gasteiger charge is -2.56. The number of rotatable bonds is 2. The molecule has 0 saturated heterocycles. The topological polar surface area (TPSA) is 17.3 Å². The molecule has 25 heavy (non-hydrogen) atoms. The molecule has 2 aromatic heterocycles. The van der Waals surface area contributed by atoms with Crippen LogP contribution in [-0.2, 0) is 5.41 Å². The first-order valence-corrected chi connectivity index (χ1v) is 10.1. The van der Waals surface area contributed by atoms with E-state index in [1.807, 2.05) is 11.3 Å². The molecule has 0 unspecified atom stereocenters. The molecule has 7 rings (SSSR count). The Balaban J connectivity index is 0.00000140. The number of aromatic nitrogens is 2. The zero-order chi connectivity index (χ0) is 15.7. The van der Waals surface area contributed by atoms with Crippen LogP contribution in [0.3, 0.4) is 0 Å². The minimum absolute atomic E-state index is 0. The summed E-state index contributed by atoms with van der Waals surface area (Å²) in [5.41, 5.74) is 3.10. The summed E-state index contributed by atoms with van der Waals surface area (Å²) in [4.78, 5) is 7.61. The van der Waals surface area contributed by atoms with Crippen molar-refractivity contribution in [2.45, 2.75) is 43.9 Å². The van der Waals surface area contributed by atoms with E-state index in [-0.39, 0.29) is 12.4 Å². The third-order valence-electron chi connectivity index (χ3n) is 6.80. The summed E-state index contributed by atoms with van der Waals surface area (Å²) in [5, 5.41) is 0. The monoisotopic (exact) mass is 370 g/mol. The molecular weight excluding hydrogens is 348 g/mol. The molecule has 4 aliphatic carbocycles. The summed E-state index contributed by atoms with van der Waals surface area (Å²) < 4.78 is 2.28. The van der Waals surface area contributed by atoms with Gasteiger partial charge in [-0.3, -0.25) is 4.40 Å². The van der Waals surface area contributed by atoms with Gasteiger partial charge in [0, 0.05) is 17.8 Å². The summed E-state index contributed by atoms with van der Waals surface area (Å²) in [6.45, 7) is 0. The lowest BCUT2D eigenvalue weighted by Crippen LogP contribution is -2.48. The van der Waals surface area contributed by atoms with Gasteiger partial charge in [0.05, 0.1) is 10.6 Å². The summed E-state index contributed by atoms with van der Waals surface area (Å²) in [6, 6.07) is 10.7. The first-order valence-electron chi connectivity index (χ1n) is 9.32. The Labute approximate surface area is 158 Å². The second-order valence-electron chi connectivity index (χ2n) is 8.48. The SMILES string of the molecule is Cl.c1ccc(-c2cn3cc(C45CC6CC(CC(C6)C4)C5)nc3s2)cc1. The number of halogens is 1. The van der Waals surface area contributed by atoms with Crippen LogP contribution in [0.1, 0.15) is 44.2 Å². The molecule has 2 heterocycles. The van der Waals surface area contributed by atoms with E-state index in [9.17, 15) is 0 Å². The zero-order valence-electron chi connectivity index (χ0n) is 14.2. The molecule has 0 amide bonds. The van der Waals surface area contributed by atoms with Gasteiger partial charge < -0.3 is 0 Å². The molecule has 4 fully saturated rings.